The molecular weight excluding hydrogens is 961 g/mol. The van der Waals surface area contributed by atoms with Gasteiger partial charge in [-0.1, -0.05) is 126 Å². The van der Waals surface area contributed by atoms with Crippen molar-refractivity contribution >= 4 is 33.4 Å². The average molecular weight is 1040 g/mol. The number of ether oxygens (including phenoxy) is 4. The summed E-state index contributed by atoms with van der Waals surface area (Å²) in [6, 6.07) is 1.24. The van der Waals surface area contributed by atoms with Crippen molar-refractivity contribution in [2.45, 2.75) is 198 Å². The van der Waals surface area contributed by atoms with Gasteiger partial charge in [-0.2, -0.15) is 9.29 Å². The quantitative estimate of drug-likeness (QED) is 0.0135. The Morgan fingerprint density at radius 2 is 1.31 bits per heavy atom. The van der Waals surface area contributed by atoms with Crippen molar-refractivity contribution in [2.75, 3.05) is 25.6 Å². The SMILES string of the molecule is CC/C=C\C/C=C\C/C=C\C/C=C\CCCCCCC(=O)O[C@H](COC(=O)CCCCCCC/C=C\CC1OC1CCCCC)COP(=O)(O)OP(=O)(O)OC[C@H]1O[C@@H](n2ccc(N)nc2=O)[C@H](O)[C@@H]1O. The van der Waals surface area contributed by atoms with Gasteiger partial charge < -0.3 is 44.7 Å². The van der Waals surface area contributed by atoms with Crippen LogP contribution in [0.25, 0.3) is 0 Å². The third-order valence-corrected chi connectivity index (χ3v) is 14.1. The summed E-state index contributed by atoms with van der Waals surface area (Å²) in [5.74, 6) is -1.35. The molecule has 21 heteroatoms. The number of nitrogens with two attached hydrogens (primary N) is 1. The highest BCUT2D eigenvalue weighted by molar-refractivity contribution is 7.61. The lowest BCUT2D eigenvalue weighted by Crippen LogP contribution is -2.36. The number of hydrogen-bond acceptors (Lipinski definition) is 16. The number of aliphatic hydroxyl groups excluding tert-OH is 2. The molecule has 2 aliphatic heterocycles. The molecule has 4 unspecified atom stereocenters. The number of phosphoric ester groups is 2. The van der Waals surface area contributed by atoms with E-state index >= 15 is 0 Å². The maximum absolute atomic E-state index is 12.9. The molecule has 0 spiro atoms. The first-order chi connectivity index (χ1) is 34.1. The molecule has 402 valence electrons. The van der Waals surface area contributed by atoms with Crippen LogP contribution >= 0.6 is 15.6 Å². The Kier molecular flexibility index (Phi) is 30.9. The molecule has 2 saturated heterocycles. The zero-order valence-electron chi connectivity index (χ0n) is 41.7. The number of rotatable bonds is 40. The van der Waals surface area contributed by atoms with E-state index in [0.29, 0.717) is 25.0 Å². The van der Waals surface area contributed by atoms with Crippen LogP contribution in [0.3, 0.4) is 0 Å². The fourth-order valence-corrected chi connectivity index (χ4v) is 9.60. The van der Waals surface area contributed by atoms with E-state index in [4.69, 9.17) is 33.7 Å². The van der Waals surface area contributed by atoms with Crippen molar-refractivity contribution in [3.63, 3.8) is 0 Å². The minimum absolute atomic E-state index is 0.0137. The van der Waals surface area contributed by atoms with Crippen LogP contribution in [0.4, 0.5) is 5.82 Å². The molecule has 3 heterocycles. The summed E-state index contributed by atoms with van der Waals surface area (Å²) < 4.78 is 62.5. The Morgan fingerprint density at radius 3 is 1.96 bits per heavy atom. The predicted molar refractivity (Wildman–Crippen MR) is 270 cm³/mol. The zero-order chi connectivity index (χ0) is 51.7. The summed E-state index contributed by atoms with van der Waals surface area (Å²) in [5, 5.41) is 20.9. The molecule has 0 amide bonds. The first-order valence-corrected chi connectivity index (χ1v) is 28.4. The second kappa shape index (κ2) is 35.6. The van der Waals surface area contributed by atoms with Gasteiger partial charge in [-0.25, -0.2) is 13.9 Å². The van der Waals surface area contributed by atoms with Crippen LogP contribution in [0, 0.1) is 0 Å². The number of hydrogen-bond donors (Lipinski definition) is 5. The summed E-state index contributed by atoms with van der Waals surface area (Å²) in [6.45, 7) is 1.96. The predicted octanol–water partition coefficient (Wildman–Crippen LogP) is 9.32. The van der Waals surface area contributed by atoms with E-state index in [9.17, 15) is 43.5 Å². The number of esters is 2. The average Bonchev–Trinajstić information content (AvgIpc) is 4.02. The van der Waals surface area contributed by atoms with Crippen molar-refractivity contribution in [3.05, 3.63) is 83.5 Å². The monoisotopic (exact) mass is 1040 g/mol. The number of carbonyl (C=O) groups is 2. The number of aromatic nitrogens is 2. The van der Waals surface area contributed by atoms with Crippen molar-refractivity contribution in [1.82, 2.24) is 9.55 Å². The Balaban J connectivity index is 1.40. The Bertz CT molecular complexity index is 1990. The van der Waals surface area contributed by atoms with Crippen LogP contribution in [0.15, 0.2) is 77.8 Å². The van der Waals surface area contributed by atoms with Crippen molar-refractivity contribution in [1.29, 1.82) is 0 Å². The first-order valence-electron chi connectivity index (χ1n) is 25.4. The third kappa shape index (κ3) is 27.9. The molecule has 2 aliphatic rings. The molecule has 1 aromatic rings. The van der Waals surface area contributed by atoms with Gasteiger partial charge in [0.2, 0.25) is 0 Å². The highest BCUT2D eigenvalue weighted by atomic mass is 31.3. The summed E-state index contributed by atoms with van der Waals surface area (Å²) in [7, 11) is -10.9. The second-order valence-electron chi connectivity index (χ2n) is 17.7. The van der Waals surface area contributed by atoms with Gasteiger partial charge >= 0.3 is 33.3 Å². The molecule has 0 aliphatic carbocycles. The lowest BCUT2D eigenvalue weighted by molar-refractivity contribution is -0.161. The normalized spacial score (nSPS) is 22.5. The summed E-state index contributed by atoms with van der Waals surface area (Å²) in [6.07, 6.45) is 34.7. The molecule has 0 aromatic carbocycles. The molecule has 2 fully saturated rings. The van der Waals surface area contributed by atoms with E-state index in [1.165, 1.54) is 25.3 Å². The van der Waals surface area contributed by atoms with Crippen LogP contribution < -0.4 is 11.4 Å². The highest BCUT2D eigenvalue weighted by Gasteiger charge is 2.46. The maximum atomic E-state index is 12.9. The molecule has 0 bridgehead atoms. The molecule has 9 atom stereocenters. The minimum Gasteiger partial charge on any atom is -0.462 e. The number of epoxide rings is 1. The van der Waals surface area contributed by atoms with Crippen molar-refractivity contribution in [2.24, 2.45) is 0 Å². The first kappa shape index (κ1) is 61.7. The van der Waals surface area contributed by atoms with Gasteiger partial charge in [-0.15, -0.1) is 0 Å². The van der Waals surface area contributed by atoms with Gasteiger partial charge in [-0.3, -0.25) is 23.2 Å². The fraction of sp³-hybridized carbons (Fsp3) is 0.680. The van der Waals surface area contributed by atoms with E-state index < -0.39 is 83.7 Å². The van der Waals surface area contributed by atoms with E-state index in [-0.39, 0.29) is 18.7 Å². The smallest absolute Gasteiger partial charge is 0.462 e. The van der Waals surface area contributed by atoms with Gasteiger partial charge in [0.15, 0.2) is 12.3 Å². The number of aliphatic hydroxyl groups is 2. The topological polar surface area (TPSA) is 278 Å². The highest BCUT2D eigenvalue weighted by Crippen LogP contribution is 2.60. The number of allylic oxidation sites excluding steroid dienone is 9. The Morgan fingerprint density at radius 1 is 0.718 bits per heavy atom. The molecule has 6 N–H and O–H groups in total. The standard InChI is InChI=1S/C50H81N3O16P2/c1-3-5-7-8-9-10-11-12-13-14-15-16-17-18-23-26-30-34-46(55)66-40(37-63-45(54)33-29-25-22-20-19-21-24-28-32-42-41(67-42)31-27-6-4-2)38-64-70(59,60)69-71(61,62)65-39-43-47(56)48(57)49(68-43)53-36-35-44(51)52-50(53)58/h5,7,9-10,12-13,15-16,24,28,35-36,40-43,47-49,56-57H,3-4,6,8,11,14,17-23,25-27,29-34,37-39H2,1-2H3,(H,59,60)(H,61,62)(H2,51,52,58)/b7-5-,10-9-,13-12-,16-15-,28-24-/t40-,41?,42?,43-,47-,48-,49-/m1/s1. The second-order valence-corrected chi connectivity index (χ2v) is 20.7. The summed E-state index contributed by atoms with van der Waals surface area (Å²) in [5.41, 5.74) is 4.58. The maximum Gasteiger partial charge on any atom is 0.481 e. The summed E-state index contributed by atoms with van der Waals surface area (Å²) in [4.78, 5) is 61.9. The van der Waals surface area contributed by atoms with E-state index in [1.54, 1.807) is 0 Å². The van der Waals surface area contributed by atoms with Crippen molar-refractivity contribution < 1.29 is 71.0 Å². The number of carbonyl (C=O) groups excluding carboxylic acids is 2. The van der Waals surface area contributed by atoms with Crippen LogP contribution in [0.2, 0.25) is 0 Å². The summed E-state index contributed by atoms with van der Waals surface area (Å²) >= 11 is 0. The Hall–Kier alpha value is -3.58. The molecule has 1 aromatic heterocycles. The zero-order valence-corrected chi connectivity index (χ0v) is 43.5. The van der Waals surface area contributed by atoms with Gasteiger partial charge in [0.05, 0.1) is 25.4 Å². The molecular formula is C50H81N3O16P2. The molecule has 71 heavy (non-hydrogen) atoms. The third-order valence-electron chi connectivity index (χ3n) is 11.5. The van der Waals surface area contributed by atoms with E-state index in [1.807, 2.05) is 0 Å². The lowest BCUT2D eigenvalue weighted by atomic mass is 10.1. The van der Waals surface area contributed by atoms with E-state index in [0.717, 1.165) is 107 Å². The number of phosphoric acid groups is 2. The van der Waals surface area contributed by atoms with Crippen LogP contribution in [-0.2, 0) is 51.0 Å². The van der Waals surface area contributed by atoms with Crippen LogP contribution in [0.5, 0.6) is 0 Å². The number of anilines is 1. The van der Waals surface area contributed by atoms with Gasteiger partial charge in [0, 0.05) is 19.0 Å². The van der Waals surface area contributed by atoms with E-state index in [2.05, 4.69) is 83.9 Å². The van der Waals surface area contributed by atoms with Gasteiger partial charge in [0.25, 0.3) is 0 Å². The Labute approximate surface area is 419 Å². The number of nitrogens with zero attached hydrogens (tertiary/aromatic N) is 2. The lowest BCUT2D eigenvalue weighted by Gasteiger charge is -2.21. The molecule has 19 nitrogen and oxygen atoms in total. The van der Waals surface area contributed by atoms with Crippen molar-refractivity contribution in [3.8, 4) is 0 Å². The van der Waals surface area contributed by atoms with Crippen LogP contribution in [-0.4, -0.2) is 97.9 Å². The number of nitrogen functional groups attached to an aromatic ring is 1. The minimum atomic E-state index is -5.44. The van der Waals surface area contributed by atoms with Gasteiger partial charge in [0.1, 0.15) is 30.7 Å². The number of unbranched alkanes of at least 4 members (excludes halogenated alkanes) is 11. The fourth-order valence-electron chi connectivity index (χ4n) is 7.49. The molecule has 0 radical (unpaired) electrons. The molecule has 3 rings (SSSR count). The largest absolute Gasteiger partial charge is 0.481 e. The van der Waals surface area contributed by atoms with Gasteiger partial charge in [-0.05, 0) is 83.1 Å². The van der Waals surface area contributed by atoms with Crippen LogP contribution in [0.1, 0.15) is 161 Å². The molecule has 0 saturated carbocycles.